The molecule has 12 nitrogen and oxygen atoms in total. The van der Waals surface area contributed by atoms with E-state index in [1.54, 1.807) is 7.05 Å². The van der Waals surface area contributed by atoms with Crippen molar-refractivity contribution >= 4 is 44.1 Å². The molecule has 1 aromatic heterocycles. The highest BCUT2D eigenvalue weighted by molar-refractivity contribution is 7.80. The van der Waals surface area contributed by atoms with E-state index in [2.05, 4.69) is 23.8 Å². The molecule has 0 spiro atoms. The van der Waals surface area contributed by atoms with Gasteiger partial charge in [-0.2, -0.15) is 4.37 Å². The number of aromatic nitrogens is 2. The van der Waals surface area contributed by atoms with Gasteiger partial charge in [0.2, 0.25) is 15.5 Å². The van der Waals surface area contributed by atoms with Crippen molar-refractivity contribution < 1.29 is 22.1 Å². The number of likely N-dealkylation sites (N-methyl/N-ethyl adjacent to an activating group) is 1. The van der Waals surface area contributed by atoms with Gasteiger partial charge in [-0.3, -0.25) is 14.3 Å². The fourth-order valence-corrected chi connectivity index (χ4v) is 2.33. The Morgan fingerprint density at radius 2 is 2.12 bits per heavy atom. The van der Waals surface area contributed by atoms with Crippen molar-refractivity contribution in [3.8, 4) is 0 Å². The first-order valence-electron chi connectivity index (χ1n) is 6.54. The highest BCUT2D eigenvalue weighted by Crippen LogP contribution is 2.32. The van der Waals surface area contributed by atoms with Crippen molar-refractivity contribution in [1.29, 1.82) is 0 Å². The smallest absolute Gasteiger partial charge is 0.298 e. The first kappa shape index (κ1) is 21.4. The standard InChI is InChI=1S/C11H12N6O6S2.CH3/c1-16(4-5-23-25(20,21)22)8-2-3-9(10(6-8)17(18)19)14-15-11-12-7-13-24-11;/h2-3,6-7H,4-5H2,1H3,(H,20,21,22);1H3/q;+1/p-1. The quantitative estimate of drug-likeness (QED) is 0.161. The third-order valence-electron chi connectivity index (χ3n) is 2.84. The zero-order valence-electron chi connectivity index (χ0n) is 13.7. The number of rotatable bonds is 8. The number of hydrogen-bond acceptors (Lipinski definition) is 12. The molecule has 14 heteroatoms. The van der Waals surface area contributed by atoms with E-state index < -0.39 is 15.3 Å². The second-order valence-electron chi connectivity index (χ2n) is 4.51. The number of nitro groups is 1. The summed E-state index contributed by atoms with van der Waals surface area (Å²) in [4.78, 5) is 15.9. The Balaban J connectivity index is 0.00000338. The maximum atomic E-state index is 11.2. The van der Waals surface area contributed by atoms with E-state index in [0.717, 1.165) is 11.5 Å². The highest BCUT2D eigenvalue weighted by Gasteiger charge is 2.16. The summed E-state index contributed by atoms with van der Waals surface area (Å²) in [7, 11) is -3.22. The Kier molecular flexibility index (Phi) is 7.51. The Hall–Kier alpha value is -2.68. The van der Waals surface area contributed by atoms with Crippen LogP contribution in [0, 0.1) is 17.5 Å². The Bertz CT molecular complexity index is 870. The SMILES string of the molecule is CN(CCOS(=O)(=O)[O-])c1ccc(N=Nc2ncns2)c([N+](=O)[O-])c1.[CH3+]. The second kappa shape index (κ2) is 9.14. The molecule has 2 aromatic rings. The number of hydrogen-bond donors (Lipinski definition) is 0. The third-order valence-corrected chi connectivity index (χ3v) is 3.85. The van der Waals surface area contributed by atoms with Crippen molar-refractivity contribution in [3.05, 3.63) is 42.1 Å². The van der Waals surface area contributed by atoms with Crippen LogP contribution in [0.3, 0.4) is 0 Å². The highest BCUT2D eigenvalue weighted by atomic mass is 32.3. The molecule has 0 N–H and O–H groups in total. The second-order valence-corrected chi connectivity index (χ2v) is 6.32. The first-order valence-corrected chi connectivity index (χ1v) is 8.65. The van der Waals surface area contributed by atoms with Crippen molar-refractivity contribution in [1.82, 2.24) is 9.36 Å². The topological polar surface area (TPSA) is 163 Å². The van der Waals surface area contributed by atoms with E-state index in [-0.39, 0.29) is 37.1 Å². The molecule has 0 saturated heterocycles. The number of azo groups is 1. The van der Waals surface area contributed by atoms with Crippen LogP contribution in [-0.4, -0.2) is 47.5 Å². The molecule has 0 atom stereocenters. The van der Waals surface area contributed by atoms with Crippen LogP contribution in [0.4, 0.5) is 22.2 Å². The molecule has 1 heterocycles. The van der Waals surface area contributed by atoms with Crippen LogP contribution in [0.2, 0.25) is 0 Å². The lowest BCUT2D eigenvalue weighted by Crippen LogP contribution is -2.23. The van der Waals surface area contributed by atoms with Crippen molar-refractivity contribution in [3.63, 3.8) is 0 Å². The van der Waals surface area contributed by atoms with Gasteiger partial charge in [-0.1, -0.05) is 0 Å². The van der Waals surface area contributed by atoms with Gasteiger partial charge in [0.1, 0.15) is 6.33 Å². The lowest BCUT2D eigenvalue weighted by atomic mass is 10.2. The molecule has 140 valence electrons. The van der Waals surface area contributed by atoms with Gasteiger partial charge >= 0.3 is 0 Å². The summed E-state index contributed by atoms with van der Waals surface area (Å²) in [5, 5.41) is 19.0. The Morgan fingerprint density at radius 3 is 2.69 bits per heavy atom. The van der Waals surface area contributed by atoms with Crippen LogP contribution in [0.25, 0.3) is 0 Å². The molecule has 26 heavy (non-hydrogen) atoms. The molecule has 0 bridgehead atoms. The lowest BCUT2D eigenvalue weighted by molar-refractivity contribution is -0.384. The normalized spacial score (nSPS) is 11.3. The third kappa shape index (κ3) is 6.32. The van der Waals surface area contributed by atoms with E-state index >= 15 is 0 Å². The Morgan fingerprint density at radius 1 is 1.38 bits per heavy atom. The number of nitrogens with zero attached hydrogens (tertiary/aromatic N) is 6. The molecule has 0 aliphatic carbocycles. The average Bonchev–Trinajstić information content (AvgIpc) is 3.04. The van der Waals surface area contributed by atoms with E-state index in [1.165, 1.54) is 29.4 Å². The first-order chi connectivity index (χ1) is 11.8. The minimum atomic E-state index is -4.78. The molecule has 0 unspecified atom stereocenters. The lowest BCUT2D eigenvalue weighted by Gasteiger charge is -2.19. The predicted octanol–water partition coefficient (Wildman–Crippen LogP) is 2.22. The molecule has 0 saturated carbocycles. The minimum absolute atomic E-state index is 0. The molecule has 1 aromatic carbocycles. The average molecular weight is 402 g/mol. The van der Waals surface area contributed by atoms with Gasteiger partial charge in [0.25, 0.3) is 5.69 Å². The van der Waals surface area contributed by atoms with Gasteiger partial charge in [-0.05, 0) is 12.1 Å². The summed E-state index contributed by atoms with van der Waals surface area (Å²) in [6.45, 7) is -0.348. The number of benzene rings is 1. The summed E-state index contributed by atoms with van der Waals surface area (Å²) in [6.07, 6.45) is 1.29. The summed E-state index contributed by atoms with van der Waals surface area (Å²) in [5.41, 5.74) is 0.138. The van der Waals surface area contributed by atoms with E-state index in [1.807, 2.05) is 0 Å². The molecule has 0 amide bonds. The molecule has 2 rings (SSSR count). The molecule has 0 fully saturated rings. The maximum Gasteiger partial charge on any atom is 0.298 e. The van der Waals surface area contributed by atoms with Crippen LogP contribution >= 0.6 is 11.5 Å². The van der Waals surface area contributed by atoms with Crippen LogP contribution in [0.1, 0.15) is 0 Å². The minimum Gasteiger partial charge on any atom is -0.726 e. The van der Waals surface area contributed by atoms with Gasteiger partial charge in [0.05, 0.1) is 11.5 Å². The van der Waals surface area contributed by atoms with Gasteiger partial charge in [0.15, 0.2) is 5.69 Å². The molecular formula is C12H14N6O6S2. The number of anilines is 1. The van der Waals surface area contributed by atoms with E-state index in [9.17, 15) is 23.1 Å². The van der Waals surface area contributed by atoms with Crippen LogP contribution in [0.15, 0.2) is 34.8 Å². The Labute approximate surface area is 153 Å². The van der Waals surface area contributed by atoms with Gasteiger partial charge in [-0.15, -0.1) is 10.2 Å². The summed E-state index contributed by atoms with van der Waals surface area (Å²) < 4.78 is 39.0. The molecule has 0 radical (unpaired) electrons. The van der Waals surface area contributed by atoms with Gasteiger partial charge < -0.3 is 9.45 Å². The van der Waals surface area contributed by atoms with Crippen molar-refractivity contribution in [2.24, 2.45) is 10.2 Å². The fourth-order valence-electron chi connectivity index (χ4n) is 1.69. The molecule has 0 aliphatic rings. The van der Waals surface area contributed by atoms with Crippen molar-refractivity contribution in [2.45, 2.75) is 0 Å². The fraction of sp³-hybridized carbons (Fsp3) is 0.250. The largest absolute Gasteiger partial charge is 0.726 e. The van der Waals surface area contributed by atoms with Crippen LogP contribution in [0.5, 0.6) is 0 Å². The summed E-state index contributed by atoms with van der Waals surface area (Å²) >= 11 is 0.987. The van der Waals surface area contributed by atoms with E-state index in [0.29, 0.717) is 5.69 Å². The summed E-state index contributed by atoms with van der Waals surface area (Å²) in [6, 6.07) is 4.17. The van der Waals surface area contributed by atoms with E-state index in [4.69, 9.17) is 0 Å². The zero-order chi connectivity index (χ0) is 18.4. The predicted molar refractivity (Wildman–Crippen MR) is 92.5 cm³/mol. The monoisotopic (exact) mass is 402 g/mol. The number of nitro benzene ring substituents is 1. The van der Waals surface area contributed by atoms with Crippen LogP contribution in [-0.2, 0) is 14.6 Å². The van der Waals surface area contributed by atoms with Gasteiger partial charge in [-0.25, -0.2) is 13.4 Å². The zero-order valence-corrected chi connectivity index (χ0v) is 15.3. The molecular weight excluding hydrogens is 388 g/mol. The molecule has 0 aliphatic heterocycles. The van der Waals surface area contributed by atoms with Crippen molar-refractivity contribution in [2.75, 3.05) is 25.1 Å². The van der Waals surface area contributed by atoms with Crippen LogP contribution < -0.4 is 4.90 Å². The summed E-state index contributed by atoms with van der Waals surface area (Å²) in [5.74, 6) is 0. The maximum absolute atomic E-state index is 11.2. The van der Waals surface area contributed by atoms with Gasteiger partial charge in [0, 0.05) is 44.3 Å².